The second kappa shape index (κ2) is 8.09. The van der Waals surface area contributed by atoms with Gasteiger partial charge in [-0.3, -0.25) is 4.79 Å². The number of carbonyl (C=O) groups is 1. The summed E-state index contributed by atoms with van der Waals surface area (Å²) in [4.78, 5) is 12.3. The molecule has 0 aliphatic carbocycles. The Labute approximate surface area is 145 Å². The van der Waals surface area contributed by atoms with Crippen molar-refractivity contribution < 1.29 is 14.3 Å². The highest BCUT2D eigenvalue weighted by atomic mass is 35.5. The number of ether oxygens (including phenoxy) is 2. The molecule has 0 fully saturated rings. The van der Waals surface area contributed by atoms with Gasteiger partial charge in [0.15, 0.2) is 6.10 Å². The number of para-hydroxylation sites is 2. The summed E-state index contributed by atoms with van der Waals surface area (Å²) >= 11 is 11.8. The fourth-order valence-electron chi connectivity index (χ4n) is 1.89. The van der Waals surface area contributed by atoms with Gasteiger partial charge in [0.25, 0.3) is 5.91 Å². The Hall–Kier alpha value is -1.91. The molecule has 2 aromatic carbocycles. The van der Waals surface area contributed by atoms with E-state index in [0.717, 1.165) is 0 Å². The molecule has 2 aromatic rings. The normalized spacial score (nSPS) is 11.7. The molecule has 0 heterocycles. The van der Waals surface area contributed by atoms with Gasteiger partial charge in [-0.15, -0.1) is 0 Å². The Morgan fingerprint density at radius 3 is 2.61 bits per heavy atom. The average Bonchev–Trinajstić information content (AvgIpc) is 2.53. The van der Waals surface area contributed by atoms with E-state index < -0.39 is 6.10 Å². The average molecular weight is 354 g/mol. The van der Waals surface area contributed by atoms with Gasteiger partial charge in [0.05, 0.1) is 22.3 Å². The molecule has 1 N–H and O–H groups in total. The van der Waals surface area contributed by atoms with Gasteiger partial charge in [-0.05, 0) is 38.1 Å². The number of anilines is 1. The van der Waals surface area contributed by atoms with E-state index in [4.69, 9.17) is 32.7 Å². The van der Waals surface area contributed by atoms with Crippen molar-refractivity contribution in [2.75, 3.05) is 11.9 Å². The molecule has 0 aliphatic rings. The maximum Gasteiger partial charge on any atom is 0.265 e. The number of benzene rings is 2. The van der Waals surface area contributed by atoms with Gasteiger partial charge >= 0.3 is 0 Å². The molecule has 0 saturated carbocycles. The first kappa shape index (κ1) is 17.4. The third kappa shape index (κ3) is 4.78. The molecular formula is C17H17Cl2NO3. The standard InChI is InChI=1S/C17H17Cl2NO3/c1-3-22-16-7-5-4-6-15(16)20-17(21)11(2)23-12-8-9-13(18)14(19)10-12/h4-11H,3H2,1-2H3,(H,20,21). The van der Waals surface area contributed by atoms with E-state index in [-0.39, 0.29) is 5.91 Å². The highest BCUT2D eigenvalue weighted by molar-refractivity contribution is 6.42. The summed E-state index contributed by atoms with van der Waals surface area (Å²) in [6, 6.07) is 12.1. The van der Waals surface area contributed by atoms with Gasteiger partial charge in [0.2, 0.25) is 0 Å². The Morgan fingerprint density at radius 2 is 1.91 bits per heavy atom. The number of amides is 1. The molecule has 0 aromatic heterocycles. The molecule has 1 unspecified atom stereocenters. The zero-order chi connectivity index (χ0) is 16.8. The number of hydrogen-bond donors (Lipinski definition) is 1. The molecule has 122 valence electrons. The van der Waals surface area contributed by atoms with Crippen molar-refractivity contribution in [3.8, 4) is 11.5 Å². The van der Waals surface area contributed by atoms with Crippen molar-refractivity contribution in [3.63, 3.8) is 0 Å². The third-order valence-electron chi connectivity index (χ3n) is 3.02. The largest absolute Gasteiger partial charge is 0.492 e. The van der Waals surface area contributed by atoms with Crippen LogP contribution in [0.4, 0.5) is 5.69 Å². The third-order valence-corrected chi connectivity index (χ3v) is 3.76. The molecule has 0 bridgehead atoms. The van der Waals surface area contributed by atoms with Crippen LogP contribution in [0.5, 0.6) is 11.5 Å². The lowest BCUT2D eigenvalue weighted by Crippen LogP contribution is -2.30. The lowest BCUT2D eigenvalue weighted by molar-refractivity contribution is -0.122. The van der Waals surface area contributed by atoms with Gasteiger partial charge in [0.1, 0.15) is 11.5 Å². The van der Waals surface area contributed by atoms with Crippen LogP contribution in [0.2, 0.25) is 10.0 Å². The van der Waals surface area contributed by atoms with Gasteiger partial charge in [-0.1, -0.05) is 35.3 Å². The summed E-state index contributed by atoms with van der Waals surface area (Å²) in [5.41, 5.74) is 0.601. The van der Waals surface area contributed by atoms with Crippen molar-refractivity contribution in [2.24, 2.45) is 0 Å². The van der Waals surface area contributed by atoms with E-state index in [1.165, 1.54) is 0 Å². The molecule has 0 aliphatic heterocycles. The predicted molar refractivity (Wildman–Crippen MR) is 92.8 cm³/mol. The molecule has 4 nitrogen and oxygen atoms in total. The summed E-state index contributed by atoms with van der Waals surface area (Å²) in [6.07, 6.45) is -0.707. The zero-order valence-corrected chi connectivity index (χ0v) is 14.3. The van der Waals surface area contributed by atoms with E-state index in [9.17, 15) is 4.79 Å². The molecular weight excluding hydrogens is 337 g/mol. The lowest BCUT2D eigenvalue weighted by Gasteiger charge is -2.16. The Bertz CT molecular complexity index is 691. The van der Waals surface area contributed by atoms with E-state index in [1.807, 2.05) is 19.1 Å². The quantitative estimate of drug-likeness (QED) is 0.811. The second-order valence-corrected chi connectivity index (χ2v) is 5.57. The van der Waals surface area contributed by atoms with Crippen molar-refractivity contribution in [1.29, 1.82) is 0 Å². The Kier molecular flexibility index (Phi) is 6.13. The van der Waals surface area contributed by atoms with Crippen LogP contribution in [0.3, 0.4) is 0 Å². The Morgan fingerprint density at radius 1 is 1.17 bits per heavy atom. The summed E-state index contributed by atoms with van der Waals surface area (Å²) in [5.74, 6) is 0.799. The first-order chi connectivity index (χ1) is 11.0. The van der Waals surface area contributed by atoms with Crippen LogP contribution in [-0.2, 0) is 4.79 Å². The van der Waals surface area contributed by atoms with E-state index in [0.29, 0.717) is 33.8 Å². The molecule has 6 heteroatoms. The highest BCUT2D eigenvalue weighted by Gasteiger charge is 2.17. The Balaban J connectivity index is 2.04. The predicted octanol–water partition coefficient (Wildman–Crippen LogP) is 4.80. The van der Waals surface area contributed by atoms with Gasteiger partial charge < -0.3 is 14.8 Å². The van der Waals surface area contributed by atoms with Crippen LogP contribution >= 0.6 is 23.2 Å². The number of rotatable bonds is 6. The minimum Gasteiger partial charge on any atom is -0.492 e. The van der Waals surface area contributed by atoms with E-state index in [1.54, 1.807) is 37.3 Å². The smallest absolute Gasteiger partial charge is 0.265 e. The van der Waals surface area contributed by atoms with Crippen molar-refractivity contribution in [2.45, 2.75) is 20.0 Å². The minimum atomic E-state index is -0.707. The monoisotopic (exact) mass is 353 g/mol. The topological polar surface area (TPSA) is 47.6 Å². The first-order valence-electron chi connectivity index (χ1n) is 7.15. The van der Waals surface area contributed by atoms with Crippen molar-refractivity contribution >= 4 is 34.8 Å². The van der Waals surface area contributed by atoms with Crippen LogP contribution in [0.25, 0.3) is 0 Å². The highest BCUT2D eigenvalue weighted by Crippen LogP contribution is 2.27. The minimum absolute atomic E-state index is 0.289. The second-order valence-electron chi connectivity index (χ2n) is 4.75. The molecule has 1 amide bonds. The van der Waals surface area contributed by atoms with E-state index >= 15 is 0 Å². The molecule has 0 radical (unpaired) electrons. The summed E-state index contributed by atoms with van der Waals surface area (Å²) in [7, 11) is 0. The van der Waals surface area contributed by atoms with Crippen LogP contribution in [0.15, 0.2) is 42.5 Å². The fourth-order valence-corrected chi connectivity index (χ4v) is 2.18. The summed E-state index contributed by atoms with van der Waals surface area (Å²) in [5, 5.41) is 3.60. The van der Waals surface area contributed by atoms with Gasteiger partial charge in [-0.25, -0.2) is 0 Å². The van der Waals surface area contributed by atoms with E-state index in [2.05, 4.69) is 5.32 Å². The van der Waals surface area contributed by atoms with Crippen LogP contribution in [-0.4, -0.2) is 18.6 Å². The van der Waals surface area contributed by atoms with Crippen LogP contribution in [0.1, 0.15) is 13.8 Å². The maximum absolute atomic E-state index is 12.3. The number of carbonyl (C=O) groups excluding carboxylic acids is 1. The zero-order valence-electron chi connectivity index (χ0n) is 12.8. The van der Waals surface area contributed by atoms with Crippen molar-refractivity contribution in [3.05, 3.63) is 52.5 Å². The molecule has 2 rings (SSSR count). The molecule has 1 atom stereocenters. The number of halogens is 2. The first-order valence-corrected chi connectivity index (χ1v) is 7.91. The van der Waals surface area contributed by atoms with Gasteiger partial charge in [-0.2, -0.15) is 0 Å². The number of hydrogen-bond acceptors (Lipinski definition) is 3. The van der Waals surface area contributed by atoms with Crippen LogP contribution in [0, 0.1) is 0 Å². The molecule has 0 spiro atoms. The summed E-state index contributed by atoms with van der Waals surface area (Å²) < 4.78 is 11.1. The van der Waals surface area contributed by atoms with Gasteiger partial charge in [0, 0.05) is 6.07 Å². The molecule has 0 saturated heterocycles. The number of nitrogens with one attached hydrogen (secondary N) is 1. The van der Waals surface area contributed by atoms with Crippen molar-refractivity contribution in [1.82, 2.24) is 0 Å². The SMILES string of the molecule is CCOc1ccccc1NC(=O)C(C)Oc1ccc(Cl)c(Cl)c1. The maximum atomic E-state index is 12.3. The fraction of sp³-hybridized carbons (Fsp3) is 0.235. The molecule has 23 heavy (non-hydrogen) atoms. The van der Waals surface area contributed by atoms with Crippen LogP contribution < -0.4 is 14.8 Å². The lowest BCUT2D eigenvalue weighted by atomic mass is 10.2. The summed E-state index contributed by atoms with van der Waals surface area (Å²) in [6.45, 7) is 4.05.